The molecule has 0 aliphatic heterocycles. The maximum Gasteiger partial charge on any atom is 0.326 e. The number of carbonyl (C=O) groups excluding carboxylic acids is 3. The average molecular weight is 437 g/mol. The maximum absolute atomic E-state index is 12.7. The number of hydrogen-bond acceptors (Lipinski definition) is 6. The quantitative estimate of drug-likeness (QED) is 0.281. The van der Waals surface area contributed by atoms with Gasteiger partial charge in [-0.25, -0.2) is 4.79 Å². The second-order valence-corrected chi connectivity index (χ2v) is 7.66. The molecule has 31 heavy (non-hydrogen) atoms. The van der Waals surface area contributed by atoms with Crippen molar-refractivity contribution in [3.05, 3.63) is 29.8 Å². The summed E-state index contributed by atoms with van der Waals surface area (Å²) in [6.45, 7) is 6.57. The first-order chi connectivity index (χ1) is 14.5. The van der Waals surface area contributed by atoms with E-state index in [2.05, 4.69) is 16.0 Å². The van der Waals surface area contributed by atoms with Gasteiger partial charge in [0.25, 0.3) is 0 Å². The molecular weight excluding hydrogens is 404 g/mol. The van der Waals surface area contributed by atoms with Crippen LogP contribution in [0.5, 0.6) is 5.75 Å². The van der Waals surface area contributed by atoms with Gasteiger partial charge in [-0.05, 0) is 37.5 Å². The monoisotopic (exact) mass is 436 g/mol. The first-order valence-electron chi connectivity index (χ1n) is 10.1. The van der Waals surface area contributed by atoms with E-state index in [0.29, 0.717) is 12.0 Å². The topological polar surface area (TPSA) is 171 Å². The lowest BCUT2D eigenvalue weighted by molar-refractivity contribution is -0.142. The lowest BCUT2D eigenvalue weighted by atomic mass is 9.97. The van der Waals surface area contributed by atoms with E-state index in [0.717, 1.165) is 0 Å². The van der Waals surface area contributed by atoms with Crippen LogP contribution in [0, 0.1) is 5.92 Å². The van der Waals surface area contributed by atoms with Crippen molar-refractivity contribution in [1.82, 2.24) is 16.0 Å². The molecule has 1 aromatic carbocycles. The molecule has 10 heteroatoms. The van der Waals surface area contributed by atoms with E-state index in [1.165, 1.54) is 26.0 Å². The van der Waals surface area contributed by atoms with E-state index in [9.17, 15) is 29.4 Å². The van der Waals surface area contributed by atoms with Gasteiger partial charge in [-0.2, -0.15) is 0 Å². The lowest BCUT2D eigenvalue weighted by Gasteiger charge is -2.26. The molecule has 0 heterocycles. The Kier molecular flexibility index (Phi) is 9.94. The number of carboxylic acid groups (broad SMARTS) is 1. The number of rotatable bonds is 11. The number of phenolic OH excluding ortho intramolecular Hbond substituents is 1. The molecule has 0 fully saturated rings. The smallest absolute Gasteiger partial charge is 0.326 e. The molecule has 10 nitrogen and oxygen atoms in total. The number of nitrogens with two attached hydrogens (primary N) is 1. The van der Waals surface area contributed by atoms with Crippen LogP contribution >= 0.6 is 0 Å². The molecule has 0 saturated carbocycles. The standard InChI is InChI=1S/C21H32N4O6/c1-5-11(2)17(25-18(27)12(3)22)20(29)23-13(4)19(28)24-16(21(30)31)10-14-6-8-15(26)9-7-14/h6-9,11-13,16-17,26H,5,10,22H2,1-4H3,(H,23,29)(H,24,28)(H,25,27)(H,30,31). The van der Waals surface area contributed by atoms with Crippen molar-refractivity contribution in [2.24, 2.45) is 11.7 Å². The van der Waals surface area contributed by atoms with Gasteiger partial charge in [-0.1, -0.05) is 32.4 Å². The van der Waals surface area contributed by atoms with Gasteiger partial charge in [0.2, 0.25) is 17.7 Å². The van der Waals surface area contributed by atoms with Crippen molar-refractivity contribution in [3.63, 3.8) is 0 Å². The zero-order chi connectivity index (χ0) is 23.7. The molecule has 0 aliphatic carbocycles. The molecule has 0 saturated heterocycles. The number of aromatic hydroxyl groups is 1. The third-order valence-corrected chi connectivity index (χ3v) is 4.95. The first-order valence-corrected chi connectivity index (χ1v) is 10.1. The molecule has 0 radical (unpaired) electrons. The fourth-order valence-electron chi connectivity index (χ4n) is 2.72. The molecule has 5 atom stereocenters. The first kappa shape index (κ1) is 25.9. The number of phenols is 1. The van der Waals surface area contributed by atoms with Crippen LogP contribution in [-0.4, -0.2) is 58.1 Å². The number of amides is 3. The minimum absolute atomic E-state index is 0.00194. The molecule has 0 bridgehead atoms. The summed E-state index contributed by atoms with van der Waals surface area (Å²) < 4.78 is 0. The Hall–Kier alpha value is -3.14. The third kappa shape index (κ3) is 8.25. The second kappa shape index (κ2) is 11.9. The van der Waals surface area contributed by atoms with Crippen molar-refractivity contribution in [3.8, 4) is 5.75 Å². The van der Waals surface area contributed by atoms with Crippen LogP contribution in [-0.2, 0) is 25.6 Å². The van der Waals surface area contributed by atoms with Crippen LogP contribution in [0.15, 0.2) is 24.3 Å². The van der Waals surface area contributed by atoms with Gasteiger partial charge in [0.1, 0.15) is 23.9 Å². The van der Waals surface area contributed by atoms with Crippen molar-refractivity contribution in [2.45, 2.75) is 64.7 Å². The second-order valence-electron chi connectivity index (χ2n) is 7.66. The Morgan fingerprint density at radius 3 is 2.00 bits per heavy atom. The number of aliphatic carboxylic acids is 1. The van der Waals surface area contributed by atoms with Crippen LogP contribution in [0.3, 0.4) is 0 Å². The van der Waals surface area contributed by atoms with Crippen LogP contribution in [0.1, 0.15) is 39.7 Å². The minimum atomic E-state index is -1.23. The molecule has 0 spiro atoms. The number of nitrogens with one attached hydrogen (secondary N) is 3. The molecule has 1 aromatic rings. The summed E-state index contributed by atoms with van der Waals surface area (Å²) >= 11 is 0. The maximum atomic E-state index is 12.7. The van der Waals surface area contributed by atoms with Crippen LogP contribution in [0.25, 0.3) is 0 Å². The van der Waals surface area contributed by atoms with Gasteiger partial charge < -0.3 is 31.9 Å². The Bertz CT molecular complexity index is 781. The Morgan fingerprint density at radius 1 is 0.935 bits per heavy atom. The average Bonchev–Trinajstić information content (AvgIpc) is 2.71. The zero-order valence-corrected chi connectivity index (χ0v) is 18.2. The highest BCUT2D eigenvalue weighted by Crippen LogP contribution is 2.12. The predicted octanol–water partition coefficient (Wildman–Crippen LogP) is -0.113. The van der Waals surface area contributed by atoms with E-state index in [-0.39, 0.29) is 18.1 Å². The highest BCUT2D eigenvalue weighted by molar-refractivity contribution is 5.94. The highest BCUT2D eigenvalue weighted by atomic mass is 16.4. The molecular formula is C21H32N4O6. The number of hydrogen-bond donors (Lipinski definition) is 6. The van der Waals surface area contributed by atoms with Crippen LogP contribution in [0.4, 0.5) is 0 Å². The van der Waals surface area contributed by atoms with E-state index in [4.69, 9.17) is 5.73 Å². The van der Waals surface area contributed by atoms with Crippen LogP contribution in [0.2, 0.25) is 0 Å². The van der Waals surface area contributed by atoms with Gasteiger partial charge >= 0.3 is 5.97 Å². The lowest BCUT2D eigenvalue weighted by Crippen LogP contribution is -2.57. The normalized spacial score (nSPS) is 15.6. The summed E-state index contributed by atoms with van der Waals surface area (Å²) in [6, 6.07) is 2.02. The summed E-state index contributed by atoms with van der Waals surface area (Å²) in [5.74, 6) is -3.13. The zero-order valence-electron chi connectivity index (χ0n) is 18.2. The van der Waals surface area contributed by atoms with Crippen molar-refractivity contribution < 1.29 is 29.4 Å². The van der Waals surface area contributed by atoms with Gasteiger partial charge in [0, 0.05) is 6.42 Å². The van der Waals surface area contributed by atoms with Gasteiger partial charge in [-0.15, -0.1) is 0 Å². The van der Waals surface area contributed by atoms with Gasteiger partial charge in [0.15, 0.2) is 0 Å². The van der Waals surface area contributed by atoms with Crippen molar-refractivity contribution >= 4 is 23.7 Å². The summed E-state index contributed by atoms with van der Waals surface area (Å²) in [5.41, 5.74) is 6.16. The molecule has 0 aromatic heterocycles. The largest absolute Gasteiger partial charge is 0.508 e. The van der Waals surface area contributed by atoms with E-state index in [1.807, 2.05) is 6.92 Å². The SMILES string of the molecule is CCC(C)C(NC(=O)C(C)N)C(=O)NC(C)C(=O)NC(Cc1ccc(O)cc1)C(=O)O. The highest BCUT2D eigenvalue weighted by Gasteiger charge is 2.30. The minimum Gasteiger partial charge on any atom is -0.508 e. The Balaban J connectivity index is 2.79. The molecule has 0 aliphatic rings. The summed E-state index contributed by atoms with van der Waals surface area (Å²) in [7, 11) is 0. The Labute approximate surface area is 181 Å². The molecule has 7 N–H and O–H groups in total. The van der Waals surface area contributed by atoms with E-state index >= 15 is 0 Å². The van der Waals surface area contributed by atoms with E-state index < -0.39 is 47.9 Å². The number of benzene rings is 1. The summed E-state index contributed by atoms with van der Waals surface area (Å²) in [4.78, 5) is 48.7. The number of carboxylic acids is 1. The number of carbonyl (C=O) groups is 4. The molecule has 3 amide bonds. The predicted molar refractivity (Wildman–Crippen MR) is 114 cm³/mol. The van der Waals surface area contributed by atoms with Crippen molar-refractivity contribution in [1.29, 1.82) is 0 Å². The fraction of sp³-hybridized carbons (Fsp3) is 0.524. The third-order valence-electron chi connectivity index (χ3n) is 4.95. The van der Waals surface area contributed by atoms with Gasteiger partial charge in [-0.3, -0.25) is 14.4 Å². The van der Waals surface area contributed by atoms with E-state index in [1.54, 1.807) is 19.1 Å². The summed E-state index contributed by atoms with van der Waals surface area (Å²) in [6.07, 6.45) is 0.605. The summed E-state index contributed by atoms with van der Waals surface area (Å²) in [5, 5.41) is 26.3. The molecule has 5 unspecified atom stereocenters. The van der Waals surface area contributed by atoms with Crippen LogP contribution < -0.4 is 21.7 Å². The fourth-order valence-corrected chi connectivity index (χ4v) is 2.72. The molecule has 1 rings (SSSR count). The van der Waals surface area contributed by atoms with Crippen molar-refractivity contribution in [2.75, 3.05) is 0 Å². The van der Waals surface area contributed by atoms with Gasteiger partial charge in [0.05, 0.1) is 6.04 Å². The Morgan fingerprint density at radius 2 is 1.52 bits per heavy atom. The molecule has 172 valence electrons.